The Morgan fingerprint density at radius 3 is 2.37 bits per heavy atom. The SMILES string of the molecule is C=CC(=O)NC1C(C)(C)CN(S(=O)(=O)c2ccc(C(=O)NCCc3cccc4c3OCC4)cc2)CC1(C)C. The molecule has 2 aromatic rings. The summed E-state index contributed by atoms with van der Waals surface area (Å²) in [4.78, 5) is 24.9. The molecule has 0 aliphatic carbocycles. The minimum atomic E-state index is -3.81. The Balaban J connectivity index is 1.41. The second-order valence-corrected chi connectivity index (χ2v) is 13.4. The van der Waals surface area contributed by atoms with Crippen LogP contribution in [0.4, 0.5) is 0 Å². The maximum Gasteiger partial charge on any atom is 0.251 e. The number of hydrogen-bond acceptors (Lipinski definition) is 5. The van der Waals surface area contributed by atoms with Crippen LogP contribution in [0.3, 0.4) is 0 Å². The fraction of sp³-hybridized carbons (Fsp3) is 0.448. The molecule has 8 nitrogen and oxygen atoms in total. The van der Waals surface area contributed by atoms with Gasteiger partial charge in [0.25, 0.3) is 5.91 Å². The third-order valence-electron chi connectivity index (χ3n) is 7.43. The van der Waals surface area contributed by atoms with Crippen molar-refractivity contribution in [3.05, 3.63) is 71.8 Å². The summed E-state index contributed by atoms with van der Waals surface area (Å²) >= 11 is 0. The monoisotopic (exact) mass is 539 g/mol. The van der Waals surface area contributed by atoms with Gasteiger partial charge in [-0.15, -0.1) is 0 Å². The predicted molar refractivity (Wildman–Crippen MR) is 147 cm³/mol. The van der Waals surface area contributed by atoms with Crippen LogP contribution in [-0.4, -0.2) is 56.8 Å². The summed E-state index contributed by atoms with van der Waals surface area (Å²) in [6.45, 7) is 13.0. The Hall–Kier alpha value is -3.17. The Morgan fingerprint density at radius 1 is 1.08 bits per heavy atom. The molecule has 0 bridgehead atoms. The molecule has 2 heterocycles. The van der Waals surface area contributed by atoms with Crippen molar-refractivity contribution < 1.29 is 22.7 Å². The van der Waals surface area contributed by atoms with E-state index in [1.165, 1.54) is 28.1 Å². The topological polar surface area (TPSA) is 105 Å². The molecule has 9 heteroatoms. The van der Waals surface area contributed by atoms with Crippen LogP contribution in [0.15, 0.2) is 60.0 Å². The highest BCUT2D eigenvalue weighted by Crippen LogP contribution is 2.42. The van der Waals surface area contributed by atoms with Crippen molar-refractivity contribution in [1.29, 1.82) is 0 Å². The van der Waals surface area contributed by atoms with Gasteiger partial charge in [0.1, 0.15) is 5.75 Å². The van der Waals surface area contributed by atoms with E-state index < -0.39 is 20.9 Å². The molecule has 0 radical (unpaired) electrons. The molecule has 0 unspecified atom stereocenters. The van der Waals surface area contributed by atoms with Crippen LogP contribution in [0.5, 0.6) is 5.75 Å². The molecule has 0 atom stereocenters. The van der Waals surface area contributed by atoms with Gasteiger partial charge in [-0.2, -0.15) is 4.31 Å². The Bertz CT molecular complexity index is 1310. The summed E-state index contributed by atoms with van der Waals surface area (Å²) in [7, 11) is -3.81. The van der Waals surface area contributed by atoms with Gasteiger partial charge in [-0.3, -0.25) is 9.59 Å². The molecule has 2 aliphatic heterocycles. The maximum atomic E-state index is 13.6. The van der Waals surface area contributed by atoms with Crippen LogP contribution < -0.4 is 15.4 Å². The fourth-order valence-electron chi connectivity index (χ4n) is 5.79. The largest absolute Gasteiger partial charge is 0.493 e. The number of benzene rings is 2. The second-order valence-electron chi connectivity index (χ2n) is 11.4. The predicted octanol–water partition coefficient (Wildman–Crippen LogP) is 3.32. The van der Waals surface area contributed by atoms with Gasteiger partial charge in [0.05, 0.1) is 11.5 Å². The van der Waals surface area contributed by atoms with E-state index in [1.807, 2.05) is 39.8 Å². The van der Waals surface area contributed by atoms with Gasteiger partial charge >= 0.3 is 0 Å². The quantitative estimate of drug-likeness (QED) is 0.501. The van der Waals surface area contributed by atoms with Crippen LogP contribution in [0, 0.1) is 10.8 Å². The van der Waals surface area contributed by atoms with E-state index in [9.17, 15) is 18.0 Å². The average molecular weight is 540 g/mol. The highest BCUT2D eigenvalue weighted by atomic mass is 32.2. The zero-order chi connectivity index (χ0) is 27.7. The summed E-state index contributed by atoms with van der Waals surface area (Å²) < 4.78 is 34.3. The summed E-state index contributed by atoms with van der Waals surface area (Å²) in [6, 6.07) is 11.9. The van der Waals surface area contributed by atoms with Crippen molar-refractivity contribution in [2.75, 3.05) is 26.2 Å². The van der Waals surface area contributed by atoms with Crippen molar-refractivity contribution in [2.24, 2.45) is 10.8 Å². The number of rotatable bonds is 8. The zero-order valence-electron chi connectivity index (χ0n) is 22.5. The molecule has 2 N–H and O–H groups in total. The molecule has 1 saturated heterocycles. The second kappa shape index (κ2) is 10.5. The maximum absolute atomic E-state index is 13.6. The molecule has 4 rings (SSSR count). The highest BCUT2D eigenvalue weighted by Gasteiger charge is 2.50. The van der Waals surface area contributed by atoms with Gasteiger partial charge in [-0.25, -0.2) is 8.42 Å². The standard InChI is InChI=1S/C29H37N3O5S/c1-6-24(33)31-27-28(2,3)18-32(19-29(27,4)5)38(35,36)23-12-10-22(11-13-23)26(34)30-16-14-20-8-7-9-21-15-17-37-25(20)21/h6-13,27H,1,14-19H2,2-5H3,(H,30,34)(H,31,33). The van der Waals surface area contributed by atoms with E-state index in [2.05, 4.69) is 23.3 Å². The van der Waals surface area contributed by atoms with Crippen molar-refractivity contribution in [2.45, 2.75) is 51.5 Å². The Morgan fingerprint density at radius 2 is 1.74 bits per heavy atom. The number of carbonyl (C=O) groups excluding carboxylic acids is 2. The lowest BCUT2D eigenvalue weighted by Gasteiger charge is -2.52. The smallest absolute Gasteiger partial charge is 0.251 e. The first kappa shape index (κ1) is 27.9. The van der Waals surface area contributed by atoms with Gasteiger partial charge in [-0.1, -0.05) is 52.5 Å². The van der Waals surface area contributed by atoms with Crippen molar-refractivity contribution in [3.63, 3.8) is 0 Å². The van der Waals surface area contributed by atoms with Gasteiger partial charge in [0, 0.05) is 37.7 Å². The first-order valence-electron chi connectivity index (χ1n) is 12.9. The van der Waals surface area contributed by atoms with E-state index in [4.69, 9.17) is 4.74 Å². The van der Waals surface area contributed by atoms with E-state index in [0.29, 0.717) is 25.1 Å². The van der Waals surface area contributed by atoms with Gasteiger partial charge in [0.15, 0.2) is 0 Å². The third kappa shape index (κ3) is 5.63. The number of fused-ring (bicyclic) bond motifs is 1. The number of hydrogen-bond donors (Lipinski definition) is 2. The molecule has 2 amide bonds. The van der Waals surface area contributed by atoms with Crippen LogP contribution in [0.25, 0.3) is 0 Å². The van der Waals surface area contributed by atoms with E-state index in [0.717, 1.165) is 17.7 Å². The van der Waals surface area contributed by atoms with Gasteiger partial charge in [-0.05, 0) is 58.7 Å². The molecule has 1 fully saturated rings. The van der Waals surface area contributed by atoms with Crippen molar-refractivity contribution >= 4 is 21.8 Å². The van der Waals surface area contributed by atoms with Gasteiger partial charge < -0.3 is 15.4 Å². The van der Waals surface area contributed by atoms with Crippen molar-refractivity contribution in [1.82, 2.24) is 14.9 Å². The minimum absolute atomic E-state index is 0.131. The molecular formula is C29H37N3O5S. The summed E-state index contributed by atoms with van der Waals surface area (Å²) in [6.07, 6.45) is 2.79. The lowest BCUT2D eigenvalue weighted by atomic mass is 9.67. The number of ether oxygens (including phenoxy) is 1. The first-order chi connectivity index (χ1) is 17.8. The lowest BCUT2D eigenvalue weighted by molar-refractivity contribution is -0.120. The molecule has 0 aromatic heterocycles. The number of nitrogens with zero attached hydrogens (tertiary/aromatic N) is 1. The zero-order valence-corrected chi connectivity index (χ0v) is 23.4. The normalized spacial score (nSPS) is 18.7. The molecular weight excluding hydrogens is 502 g/mol. The summed E-state index contributed by atoms with van der Waals surface area (Å²) in [5.41, 5.74) is 1.63. The lowest BCUT2D eigenvalue weighted by Crippen LogP contribution is -2.64. The molecule has 204 valence electrons. The minimum Gasteiger partial charge on any atom is -0.493 e. The van der Waals surface area contributed by atoms with E-state index in [1.54, 1.807) is 12.1 Å². The molecule has 2 aromatic carbocycles. The van der Waals surface area contributed by atoms with Crippen LogP contribution in [-0.2, 0) is 27.7 Å². The van der Waals surface area contributed by atoms with Gasteiger partial charge in [0.2, 0.25) is 15.9 Å². The number of sulfonamides is 1. The van der Waals surface area contributed by atoms with Crippen LogP contribution in [0.1, 0.15) is 49.2 Å². The Kier molecular flexibility index (Phi) is 7.72. The number of piperidine rings is 1. The first-order valence-corrected chi connectivity index (χ1v) is 14.3. The summed E-state index contributed by atoms with van der Waals surface area (Å²) in [5, 5.41) is 5.90. The Labute approximate surface area is 225 Å². The van der Waals surface area contributed by atoms with E-state index >= 15 is 0 Å². The number of amides is 2. The molecule has 2 aliphatic rings. The number of nitrogens with one attached hydrogen (secondary N) is 2. The molecule has 38 heavy (non-hydrogen) atoms. The summed E-state index contributed by atoms with van der Waals surface area (Å²) in [5.74, 6) is 0.389. The van der Waals surface area contributed by atoms with Crippen molar-refractivity contribution in [3.8, 4) is 5.75 Å². The van der Waals surface area contributed by atoms with Crippen LogP contribution in [0.2, 0.25) is 0 Å². The van der Waals surface area contributed by atoms with Crippen LogP contribution >= 0.6 is 0 Å². The molecule has 0 saturated carbocycles. The average Bonchev–Trinajstić information content (AvgIpc) is 3.35. The number of carbonyl (C=O) groups is 2. The number of para-hydroxylation sites is 1. The van der Waals surface area contributed by atoms with E-state index in [-0.39, 0.29) is 35.8 Å². The fourth-order valence-corrected chi connectivity index (χ4v) is 7.57. The third-order valence-corrected chi connectivity index (χ3v) is 9.24. The highest BCUT2D eigenvalue weighted by molar-refractivity contribution is 7.89. The molecule has 0 spiro atoms.